The molecular weight excluding hydrogens is 296 g/mol. The van der Waals surface area contributed by atoms with Crippen LogP contribution < -0.4 is 0 Å². The molecule has 2 atom stereocenters. The lowest BCUT2D eigenvalue weighted by atomic mass is 9.93. The molecule has 22 heavy (non-hydrogen) atoms. The van der Waals surface area contributed by atoms with E-state index in [0.29, 0.717) is 0 Å². The van der Waals surface area contributed by atoms with Crippen LogP contribution in [0.3, 0.4) is 0 Å². The number of esters is 2. The minimum atomic E-state index is -1.82. The maximum atomic E-state index is 12.5. The van der Waals surface area contributed by atoms with E-state index < -0.39 is 14.0 Å². The van der Waals surface area contributed by atoms with Crippen LogP contribution >= 0.6 is 0 Å². The van der Waals surface area contributed by atoms with Crippen LogP contribution in [0.5, 0.6) is 0 Å². The summed E-state index contributed by atoms with van der Waals surface area (Å²) >= 11 is 0. The maximum Gasteiger partial charge on any atom is 0.374 e. The molecule has 1 aromatic rings. The summed E-state index contributed by atoms with van der Waals surface area (Å²) in [5, 5.41) is 0. The molecule has 0 spiro atoms. The van der Waals surface area contributed by atoms with Crippen LogP contribution in [0.4, 0.5) is 0 Å². The molecule has 5 heteroatoms. The van der Waals surface area contributed by atoms with Crippen molar-refractivity contribution in [2.24, 2.45) is 0 Å². The van der Waals surface area contributed by atoms with Crippen molar-refractivity contribution >= 4 is 20.0 Å². The van der Waals surface area contributed by atoms with E-state index in [1.165, 1.54) is 0 Å². The van der Waals surface area contributed by atoms with Gasteiger partial charge in [-0.05, 0) is 18.6 Å². The zero-order valence-electron chi connectivity index (χ0n) is 13.5. The van der Waals surface area contributed by atoms with Gasteiger partial charge in [-0.25, -0.2) is 4.79 Å². The van der Waals surface area contributed by atoms with Crippen LogP contribution in [0, 0.1) is 0 Å². The quantitative estimate of drug-likeness (QED) is 0.630. The summed E-state index contributed by atoms with van der Waals surface area (Å²) in [5.74, 6) is -1.03. The van der Waals surface area contributed by atoms with Gasteiger partial charge in [0.15, 0.2) is 0 Å². The van der Waals surface area contributed by atoms with Crippen molar-refractivity contribution in [3.8, 4) is 0 Å². The Morgan fingerprint density at radius 3 is 2.41 bits per heavy atom. The fourth-order valence-corrected chi connectivity index (χ4v) is 4.91. The van der Waals surface area contributed by atoms with E-state index in [9.17, 15) is 9.59 Å². The Balaban J connectivity index is 2.46. The van der Waals surface area contributed by atoms with Crippen molar-refractivity contribution in [3.63, 3.8) is 0 Å². The van der Waals surface area contributed by atoms with Crippen LogP contribution in [0.2, 0.25) is 25.2 Å². The Kier molecular flexibility index (Phi) is 4.86. The zero-order chi connectivity index (χ0) is 16.3. The van der Waals surface area contributed by atoms with Crippen molar-refractivity contribution in [1.29, 1.82) is 0 Å². The summed E-state index contributed by atoms with van der Waals surface area (Å²) in [6.45, 7) is 8.39. The molecule has 0 bridgehead atoms. The Bertz CT molecular complexity index is 586. The first-order valence-electron chi connectivity index (χ1n) is 7.50. The van der Waals surface area contributed by atoms with Crippen molar-refractivity contribution in [3.05, 3.63) is 47.7 Å². The van der Waals surface area contributed by atoms with Gasteiger partial charge in [-0.3, -0.25) is 4.79 Å². The number of hydrogen-bond acceptors (Lipinski definition) is 4. The van der Waals surface area contributed by atoms with E-state index in [1.807, 2.05) is 30.3 Å². The summed E-state index contributed by atoms with van der Waals surface area (Å²) in [5.41, 5.74) is 0.807. The normalized spacial score (nSPS) is 21.8. The highest BCUT2D eigenvalue weighted by molar-refractivity contribution is 6.80. The number of hydrogen-bond donors (Lipinski definition) is 0. The average Bonchev–Trinajstić information content (AvgIpc) is 2.46. The maximum absolute atomic E-state index is 12.5. The molecular formula is C17H22O4Si. The van der Waals surface area contributed by atoms with Gasteiger partial charge in [0.25, 0.3) is 0 Å². The second kappa shape index (κ2) is 6.48. The Labute approximate surface area is 132 Å². The zero-order valence-corrected chi connectivity index (χ0v) is 14.5. The molecule has 0 N–H and O–H groups in total. The summed E-state index contributed by atoms with van der Waals surface area (Å²) in [6, 6.07) is 9.78. The Morgan fingerprint density at radius 2 is 1.86 bits per heavy atom. The molecule has 2 rings (SSSR count). The highest BCUT2D eigenvalue weighted by Gasteiger charge is 2.44. The van der Waals surface area contributed by atoms with E-state index in [1.54, 1.807) is 13.0 Å². The molecule has 118 valence electrons. The van der Waals surface area contributed by atoms with Gasteiger partial charge in [0.2, 0.25) is 5.76 Å². The number of benzene rings is 1. The predicted octanol–water partition coefficient (Wildman–Crippen LogP) is 3.48. The van der Waals surface area contributed by atoms with Crippen molar-refractivity contribution in [2.75, 3.05) is 6.61 Å². The molecule has 0 unspecified atom stereocenters. The number of cyclic esters (lactones) is 1. The fourth-order valence-electron chi connectivity index (χ4n) is 2.78. The van der Waals surface area contributed by atoms with Crippen molar-refractivity contribution in [2.45, 2.75) is 38.0 Å². The first-order valence-corrected chi connectivity index (χ1v) is 11.1. The second-order valence-electron chi connectivity index (χ2n) is 6.45. The van der Waals surface area contributed by atoms with Crippen LogP contribution in [0.1, 0.15) is 18.4 Å². The fraction of sp³-hybridized carbons (Fsp3) is 0.412. The molecule has 0 radical (unpaired) electrons. The second-order valence-corrected chi connectivity index (χ2v) is 11.8. The number of rotatable bonds is 4. The lowest BCUT2D eigenvalue weighted by molar-refractivity contribution is -0.152. The van der Waals surface area contributed by atoms with E-state index in [0.717, 1.165) is 5.56 Å². The predicted molar refractivity (Wildman–Crippen MR) is 87.1 cm³/mol. The highest BCUT2D eigenvalue weighted by Crippen LogP contribution is 2.43. The Hall–Kier alpha value is -1.88. The van der Waals surface area contributed by atoms with Gasteiger partial charge in [-0.15, -0.1) is 0 Å². The first kappa shape index (κ1) is 16.5. The van der Waals surface area contributed by atoms with Crippen LogP contribution in [-0.4, -0.2) is 26.6 Å². The third-order valence-electron chi connectivity index (χ3n) is 3.75. The van der Waals surface area contributed by atoms with Gasteiger partial charge >= 0.3 is 11.9 Å². The molecule has 0 amide bonds. The van der Waals surface area contributed by atoms with Gasteiger partial charge in [-0.2, -0.15) is 0 Å². The highest BCUT2D eigenvalue weighted by atomic mass is 28.3. The minimum absolute atomic E-state index is 0.00945. The van der Waals surface area contributed by atoms with Gasteiger partial charge in [0.1, 0.15) is 0 Å². The molecule has 1 heterocycles. The number of allylic oxidation sites excluding steroid dienone is 1. The van der Waals surface area contributed by atoms with Gasteiger partial charge < -0.3 is 9.47 Å². The van der Waals surface area contributed by atoms with Crippen molar-refractivity contribution < 1.29 is 19.1 Å². The van der Waals surface area contributed by atoms with Gasteiger partial charge in [-0.1, -0.05) is 50.0 Å². The van der Waals surface area contributed by atoms with Crippen LogP contribution in [0.25, 0.3) is 0 Å². The first-order chi connectivity index (χ1) is 10.3. The Morgan fingerprint density at radius 1 is 1.23 bits per heavy atom. The number of ether oxygens (including phenoxy) is 2. The van der Waals surface area contributed by atoms with Gasteiger partial charge in [0.05, 0.1) is 20.2 Å². The molecule has 1 aliphatic rings. The third kappa shape index (κ3) is 3.47. The standard InChI is InChI=1S/C17H22O4Si/c1-5-20-16(18)14-11-13(12-9-7-6-8-10-12)15(17(19)21-14)22(2,3)4/h6-11,13,15H,5H2,1-4H3/t13-,15+/m1/s1. The SMILES string of the molecule is CCOC(=O)C1=C[C@H](c2ccccc2)[C@H]([Si](C)(C)C)C(=O)O1. The molecule has 4 nitrogen and oxygen atoms in total. The molecule has 0 aliphatic carbocycles. The minimum Gasteiger partial charge on any atom is -0.460 e. The van der Waals surface area contributed by atoms with E-state index >= 15 is 0 Å². The lowest BCUT2D eigenvalue weighted by Gasteiger charge is -2.35. The summed E-state index contributed by atoms with van der Waals surface area (Å²) in [7, 11) is -1.82. The molecule has 0 saturated heterocycles. The number of carbonyl (C=O) groups is 2. The summed E-state index contributed by atoms with van der Waals surface area (Å²) < 4.78 is 10.2. The third-order valence-corrected chi connectivity index (χ3v) is 6.21. The van der Waals surface area contributed by atoms with E-state index in [4.69, 9.17) is 9.47 Å². The van der Waals surface area contributed by atoms with E-state index in [-0.39, 0.29) is 29.8 Å². The molecule has 0 saturated carbocycles. The van der Waals surface area contributed by atoms with Crippen LogP contribution in [0.15, 0.2) is 42.2 Å². The van der Waals surface area contributed by atoms with Crippen molar-refractivity contribution in [1.82, 2.24) is 0 Å². The lowest BCUT2D eigenvalue weighted by Crippen LogP contribution is -2.41. The largest absolute Gasteiger partial charge is 0.460 e. The summed E-state index contributed by atoms with van der Waals surface area (Å²) in [6.07, 6.45) is 1.75. The smallest absolute Gasteiger partial charge is 0.374 e. The topological polar surface area (TPSA) is 52.6 Å². The number of carbonyl (C=O) groups excluding carboxylic acids is 2. The molecule has 0 aromatic heterocycles. The molecule has 0 fully saturated rings. The summed E-state index contributed by atoms with van der Waals surface area (Å²) in [4.78, 5) is 24.4. The molecule has 1 aliphatic heterocycles. The van der Waals surface area contributed by atoms with E-state index in [2.05, 4.69) is 19.6 Å². The van der Waals surface area contributed by atoms with Gasteiger partial charge in [0, 0.05) is 5.92 Å². The monoisotopic (exact) mass is 318 g/mol. The molecule has 1 aromatic carbocycles. The average molecular weight is 318 g/mol. The van der Waals surface area contributed by atoms with Crippen LogP contribution in [-0.2, 0) is 19.1 Å².